The monoisotopic (exact) mass is 937 g/mol. The first-order chi connectivity index (χ1) is 29.9. The van der Waals surface area contributed by atoms with Crippen molar-refractivity contribution in [1.29, 1.82) is 0 Å². The number of amides is 4. The Hall–Kier alpha value is -5.27. The molecule has 0 aromatic heterocycles. The minimum atomic E-state index is -0.780. The number of esters is 2. The number of carbonyl (C=O) groups excluding carboxylic acids is 5. The Morgan fingerprint density at radius 3 is 1.46 bits per heavy atom. The van der Waals surface area contributed by atoms with Crippen LogP contribution in [0.3, 0.4) is 0 Å². The maximum absolute atomic E-state index is 13.5. The predicted octanol–water partition coefficient (Wildman–Crippen LogP) is 11.0. The van der Waals surface area contributed by atoms with E-state index in [1.165, 1.54) is 32.8 Å². The molecular formula is C47H51Cl4N5O7. The average Bonchev–Trinajstić information content (AvgIpc) is 3.28. The van der Waals surface area contributed by atoms with Crippen LogP contribution < -0.4 is 27.0 Å². The smallest absolute Gasteiger partial charge is 0.328 e. The number of nitrogen functional groups attached to an aromatic ring is 1. The second-order valence-electron chi connectivity index (χ2n) is 15.6. The number of halogens is 4. The molecule has 2 atom stereocenters. The van der Waals surface area contributed by atoms with Gasteiger partial charge in [-0.2, -0.15) is 0 Å². The van der Waals surface area contributed by atoms with Gasteiger partial charge in [-0.25, -0.2) is 14.4 Å². The van der Waals surface area contributed by atoms with E-state index in [2.05, 4.69) is 21.3 Å². The molecule has 0 saturated heterocycles. The van der Waals surface area contributed by atoms with Crippen molar-refractivity contribution in [3.63, 3.8) is 0 Å². The van der Waals surface area contributed by atoms with Crippen LogP contribution in [0.25, 0.3) is 21.5 Å². The van der Waals surface area contributed by atoms with Crippen LogP contribution in [-0.2, 0) is 19.1 Å². The molecule has 0 heterocycles. The van der Waals surface area contributed by atoms with Gasteiger partial charge in [0.15, 0.2) is 0 Å². The Morgan fingerprint density at radius 1 is 0.587 bits per heavy atom. The lowest BCUT2D eigenvalue weighted by Gasteiger charge is -2.29. The van der Waals surface area contributed by atoms with Gasteiger partial charge in [0.2, 0.25) is 0 Å². The Morgan fingerprint density at radius 2 is 1.00 bits per heavy atom. The van der Waals surface area contributed by atoms with Crippen molar-refractivity contribution in [2.75, 3.05) is 30.6 Å². The fraction of sp³-hybridized carbons (Fsp3) is 0.340. The third kappa shape index (κ3) is 12.5. The number of ether oxygens (including phenoxy) is 2. The van der Waals surface area contributed by atoms with Gasteiger partial charge in [-0.15, -0.1) is 12.4 Å². The summed E-state index contributed by atoms with van der Waals surface area (Å²) in [5, 5.41) is 15.2. The Labute approximate surface area is 387 Å². The molecule has 63 heavy (non-hydrogen) atoms. The second kappa shape index (κ2) is 22.9. The number of hydrogen-bond donors (Lipinski definition) is 5. The van der Waals surface area contributed by atoms with Crippen LogP contribution in [0.2, 0.25) is 15.1 Å². The van der Waals surface area contributed by atoms with Gasteiger partial charge in [-0.1, -0.05) is 122 Å². The highest BCUT2D eigenvalue weighted by molar-refractivity contribution is 6.42. The summed E-state index contributed by atoms with van der Waals surface area (Å²) in [4.78, 5) is 64.0. The molecule has 16 heteroatoms. The number of nitrogens with one attached hydrogen (secondary N) is 4. The van der Waals surface area contributed by atoms with Gasteiger partial charge in [0.1, 0.15) is 12.1 Å². The topological polar surface area (TPSA) is 178 Å². The molecule has 2 fully saturated rings. The van der Waals surface area contributed by atoms with Gasteiger partial charge in [-0.05, 0) is 95.5 Å². The normalized spacial score (nSPS) is 15.1. The molecule has 0 bridgehead atoms. The van der Waals surface area contributed by atoms with Crippen molar-refractivity contribution >= 4 is 116 Å². The number of methoxy groups -OCH3 is 2. The third-order valence-corrected chi connectivity index (χ3v) is 12.3. The number of rotatable bonds is 10. The number of urea groups is 1. The van der Waals surface area contributed by atoms with Crippen LogP contribution in [0.4, 0.5) is 21.9 Å². The highest BCUT2D eigenvalue weighted by atomic mass is 35.5. The fourth-order valence-electron chi connectivity index (χ4n) is 8.28. The van der Waals surface area contributed by atoms with E-state index in [9.17, 15) is 24.0 Å². The quantitative estimate of drug-likeness (QED) is 0.0678. The van der Waals surface area contributed by atoms with Crippen LogP contribution in [0.5, 0.6) is 0 Å². The number of carbonyl (C=O) groups is 5. The van der Waals surface area contributed by atoms with Crippen molar-refractivity contribution in [1.82, 2.24) is 10.6 Å². The molecular weight excluding hydrogens is 888 g/mol. The van der Waals surface area contributed by atoms with Gasteiger partial charge in [0.05, 0.1) is 46.8 Å². The van der Waals surface area contributed by atoms with Crippen molar-refractivity contribution in [3.8, 4) is 0 Å². The lowest BCUT2D eigenvalue weighted by atomic mass is 9.83. The zero-order chi connectivity index (χ0) is 44.3. The zero-order valence-corrected chi connectivity index (χ0v) is 38.0. The van der Waals surface area contributed by atoms with E-state index in [1.54, 1.807) is 24.3 Å². The molecule has 7 rings (SSSR count). The second-order valence-corrected chi connectivity index (χ2v) is 16.9. The number of anilines is 3. The van der Waals surface area contributed by atoms with Gasteiger partial charge < -0.3 is 36.5 Å². The molecule has 0 aliphatic heterocycles. The summed E-state index contributed by atoms with van der Waals surface area (Å²) in [5.74, 6) is -1.60. The number of nitrogens with two attached hydrogens (primary N) is 1. The first-order valence-corrected chi connectivity index (χ1v) is 21.8. The van der Waals surface area contributed by atoms with Crippen molar-refractivity contribution in [3.05, 3.63) is 111 Å². The highest BCUT2D eigenvalue weighted by Crippen LogP contribution is 2.35. The molecule has 5 aromatic rings. The van der Waals surface area contributed by atoms with Crippen LogP contribution in [0.1, 0.15) is 84.9 Å². The molecule has 0 unspecified atom stereocenters. The molecule has 12 nitrogen and oxygen atoms in total. The van der Waals surface area contributed by atoms with E-state index < -0.39 is 30.0 Å². The molecule has 2 saturated carbocycles. The number of fused-ring (bicyclic) bond motifs is 2. The first-order valence-electron chi connectivity index (χ1n) is 20.7. The fourth-order valence-corrected chi connectivity index (χ4v) is 9.19. The minimum Gasteiger partial charge on any atom is -0.467 e. The SMILES string of the molecule is COC(=O)[C@@H](NC(=O)c1cc2ccccc2cc1N)C1CCCCC1.COC(=O)[C@@H](NC(=O)c1cc2ccccc2cc1NC(=O)Nc1c(Cl)cc(Cl)cc1Cl)C1CCCCC1.Cl. The molecule has 0 radical (unpaired) electrons. The Bertz CT molecular complexity index is 2430. The lowest BCUT2D eigenvalue weighted by molar-refractivity contribution is -0.145. The molecule has 6 N–H and O–H groups in total. The summed E-state index contributed by atoms with van der Waals surface area (Å²) in [6, 6.07) is 23.0. The van der Waals surface area contributed by atoms with Crippen LogP contribution in [0, 0.1) is 11.8 Å². The molecule has 334 valence electrons. The lowest BCUT2D eigenvalue weighted by Crippen LogP contribution is -2.47. The molecule has 4 amide bonds. The van der Waals surface area contributed by atoms with E-state index in [-0.39, 0.29) is 63.1 Å². The van der Waals surface area contributed by atoms with Crippen molar-refractivity contribution in [2.24, 2.45) is 11.8 Å². The summed E-state index contributed by atoms with van der Waals surface area (Å²) < 4.78 is 9.91. The third-order valence-electron chi connectivity index (χ3n) is 11.5. The predicted molar refractivity (Wildman–Crippen MR) is 253 cm³/mol. The van der Waals surface area contributed by atoms with Gasteiger partial charge in [0, 0.05) is 10.7 Å². The zero-order valence-electron chi connectivity index (χ0n) is 34.9. The summed E-state index contributed by atoms with van der Waals surface area (Å²) >= 11 is 18.3. The summed E-state index contributed by atoms with van der Waals surface area (Å²) in [6.45, 7) is 0. The molecule has 5 aromatic carbocycles. The van der Waals surface area contributed by atoms with Crippen LogP contribution in [-0.4, -0.2) is 56.1 Å². The highest BCUT2D eigenvalue weighted by Gasteiger charge is 2.34. The standard InChI is InChI=1S/C27H26Cl3N3O4.C20H24N2O3.ClH/c1-37-26(35)23(15-7-3-2-4-8-15)32-25(34)19-11-16-9-5-6-10-17(16)12-22(19)31-27(36)33-24-20(29)13-18(28)14-21(24)30;1-25-20(24)18(13-7-3-2-4-8-13)22-19(23)16-11-14-9-5-6-10-15(14)12-17(16)21;/h5-6,9-15,23H,2-4,7-8H2,1H3,(H,32,34)(H2,31,33,36);5-6,9-13,18H,2-4,7-8,21H2,1H3,(H,22,23);1H/t23-;18-;/m00./s1. The largest absolute Gasteiger partial charge is 0.467 e. The minimum absolute atomic E-state index is 0. The number of benzene rings is 5. The van der Waals surface area contributed by atoms with Crippen LogP contribution in [0.15, 0.2) is 84.9 Å². The van der Waals surface area contributed by atoms with E-state index in [4.69, 9.17) is 50.0 Å². The van der Waals surface area contributed by atoms with Crippen molar-refractivity contribution in [2.45, 2.75) is 76.3 Å². The molecule has 2 aliphatic carbocycles. The maximum atomic E-state index is 13.5. The van der Waals surface area contributed by atoms with Crippen LogP contribution >= 0.6 is 47.2 Å². The van der Waals surface area contributed by atoms with E-state index in [0.717, 1.165) is 79.3 Å². The summed E-state index contributed by atoms with van der Waals surface area (Å²) in [5.41, 5.74) is 7.50. The average molecular weight is 940 g/mol. The van der Waals surface area contributed by atoms with E-state index in [1.807, 2.05) is 48.5 Å². The van der Waals surface area contributed by atoms with E-state index in [0.29, 0.717) is 16.3 Å². The molecule has 0 spiro atoms. The molecule has 2 aliphatic rings. The van der Waals surface area contributed by atoms with Gasteiger partial charge in [-0.3, -0.25) is 9.59 Å². The van der Waals surface area contributed by atoms with E-state index >= 15 is 0 Å². The number of hydrogen-bond acceptors (Lipinski definition) is 8. The van der Waals surface area contributed by atoms with Crippen molar-refractivity contribution < 1.29 is 33.4 Å². The summed E-state index contributed by atoms with van der Waals surface area (Å²) in [6.07, 6.45) is 9.92. The summed E-state index contributed by atoms with van der Waals surface area (Å²) in [7, 11) is 2.67. The Balaban J connectivity index is 0.000000251. The van der Waals surface area contributed by atoms with Gasteiger partial charge >= 0.3 is 18.0 Å². The Kier molecular flexibility index (Phi) is 17.7. The van der Waals surface area contributed by atoms with Gasteiger partial charge in [0.25, 0.3) is 11.8 Å². The first kappa shape index (κ1) is 48.8. The maximum Gasteiger partial charge on any atom is 0.328 e.